The summed E-state index contributed by atoms with van der Waals surface area (Å²) < 4.78 is 31.9. The fourth-order valence-corrected chi connectivity index (χ4v) is 1.93. The third-order valence-electron chi connectivity index (χ3n) is 2.11. The van der Waals surface area contributed by atoms with Crippen molar-refractivity contribution >= 4 is 27.5 Å². The minimum absolute atomic E-state index is 0.0531. The molecule has 0 radical (unpaired) electrons. The molecule has 1 unspecified atom stereocenters. The van der Waals surface area contributed by atoms with E-state index in [9.17, 15) is 8.78 Å². The summed E-state index contributed by atoms with van der Waals surface area (Å²) in [4.78, 5) is 0. The second kappa shape index (κ2) is 4.55. The molecular formula is C11H6BrClF2O. The summed E-state index contributed by atoms with van der Waals surface area (Å²) in [7, 11) is 0. The molecule has 0 saturated heterocycles. The monoisotopic (exact) mass is 306 g/mol. The first-order valence-electron chi connectivity index (χ1n) is 4.41. The molecule has 0 aliphatic rings. The molecule has 1 nitrogen and oxygen atoms in total. The molecule has 2 aromatic rings. The number of hydrogen-bond acceptors (Lipinski definition) is 1. The summed E-state index contributed by atoms with van der Waals surface area (Å²) in [5, 5.41) is -0.836. The number of benzene rings is 1. The van der Waals surface area contributed by atoms with Crippen LogP contribution in [0.1, 0.15) is 16.7 Å². The van der Waals surface area contributed by atoms with Gasteiger partial charge in [-0.2, -0.15) is 0 Å². The average Bonchev–Trinajstić information content (AvgIpc) is 2.75. The number of hydrogen-bond donors (Lipinski definition) is 0. The Balaban J connectivity index is 2.44. The van der Waals surface area contributed by atoms with Crippen LogP contribution in [-0.2, 0) is 0 Å². The summed E-state index contributed by atoms with van der Waals surface area (Å²) in [5.41, 5.74) is 0.0531. The summed E-state index contributed by atoms with van der Waals surface area (Å²) >= 11 is 8.88. The Morgan fingerprint density at radius 3 is 2.62 bits per heavy atom. The molecule has 0 aliphatic heterocycles. The molecule has 0 saturated carbocycles. The van der Waals surface area contributed by atoms with Gasteiger partial charge >= 0.3 is 0 Å². The molecule has 2 rings (SSSR count). The first-order valence-corrected chi connectivity index (χ1v) is 5.64. The van der Waals surface area contributed by atoms with Gasteiger partial charge in [-0.25, -0.2) is 8.78 Å². The summed E-state index contributed by atoms with van der Waals surface area (Å²) in [6.07, 6.45) is 1.43. The SMILES string of the molecule is Fc1cc(C(Cl)c2ccco2)c(F)cc1Br. The molecule has 0 N–H and O–H groups in total. The van der Waals surface area contributed by atoms with Crippen molar-refractivity contribution in [1.29, 1.82) is 0 Å². The summed E-state index contributed by atoms with van der Waals surface area (Å²) in [6, 6.07) is 5.34. The van der Waals surface area contributed by atoms with Crippen molar-refractivity contribution in [3.8, 4) is 0 Å². The van der Waals surface area contributed by atoms with Crippen LogP contribution in [0.5, 0.6) is 0 Å². The zero-order valence-corrected chi connectivity index (χ0v) is 10.2. The predicted octanol–water partition coefficient (Wildman–Crippen LogP) is 4.65. The van der Waals surface area contributed by atoms with Gasteiger partial charge in [-0.1, -0.05) is 0 Å². The highest BCUT2D eigenvalue weighted by atomic mass is 79.9. The van der Waals surface area contributed by atoms with Crippen LogP contribution >= 0.6 is 27.5 Å². The maximum absolute atomic E-state index is 13.5. The van der Waals surface area contributed by atoms with E-state index in [2.05, 4.69) is 15.9 Å². The van der Waals surface area contributed by atoms with Crippen molar-refractivity contribution in [1.82, 2.24) is 0 Å². The third kappa shape index (κ3) is 2.13. The standard InChI is InChI=1S/C11H6BrClF2O/c12-7-5-8(14)6(4-9(7)15)11(13)10-2-1-3-16-10/h1-5,11H. The van der Waals surface area contributed by atoms with Gasteiger partial charge in [-0.15, -0.1) is 11.6 Å². The van der Waals surface area contributed by atoms with Crippen LogP contribution in [0.25, 0.3) is 0 Å². The van der Waals surface area contributed by atoms with Crippen LogP contribution in [-0.4, -0.2) is 0 Å². The highest BCUT2D eigenvalue weighted by Crippen LogP contribution is 2.33. The lowest BCUT2D eigenvalue weighted by atomic mass is 10.1. The zero-order chi connectivity index (χ0) is 11.7. The molecule has 0 fully saturated rings. The van der Waals surface area contributed by atoms with Gasteiger partial charge in [-0.05, 0) is 40.2 Å². The Morgan fingerprint density at radius 2 is 2.00 bits per heavy atom. The Morgan fingerprint density at radius 1 is 1.25 bits per heavy atom. The van der Waals surface area contributed by atoms with E-state index in [1.54, 1.807) is 12.1 Å². The normalized spacial score (nSPS) is 12.8. The minimum Gasteiger partial charge on any atom is -0.467 e. The Labute approximate surface area is 104 Å². The topological polar surface area (TPSA) is 13.1 Å². The molecule has 1 heterocycles. The molecule has 5 heteroatoms. The van der Waals surface area contributed by atoms with Crippen LogP contribution in [0.2, 0.25) is 0 Å². The maximum Gasteiger partial charge on any atom is 0.137 e. The highest BCUT2D eigenvalue weighted by Gasteiger charge is 2.19. The molecular weight excluding hydrogens is 301 g/mol. The minimum atomic E-state index is -0.836. The molecule has 1 aromatic carbocycles. The molecule has 0 bridgehead atoms. The van der Waals surface area contributed by atoms with Gasteiger partial charge in [0, 0.05) is 5.56 Å². The summed E-state index contributed by atoms with van der Waals surface area (Å²) in [6.45, 7) is 0. The lowest BCUT2D eigenvalue weighted by Gasteiger charge is -2.09. The Hall–Kier alpha value is -0.870. The van der Waals surface area contributed by atoms with E-state index in [-0.39, 0.29) is 10.0 Å². The van der Waals surface area contributed by atoms with Gasteiger partial charge in [0.05, 0.1) is 10.7 Å². The first kappa shape index (κ1) is 11.6. The fourth-order valence-electron chi connectivity index (χ4n) is 1.32. The van der Waals surface area contributed by atoms with Crippen LogP contribution in [0, 0.1) is 11.6 Å². The van der Waals surface area contributed by atoms with Crippen LogP contribution in [0.3, 0.4) is 0 Å². The van der Waals surface area contributed by atoms with E-state index in [0.29, 0.717) is 5.76 Å². The molecule has 0 aliphatic carbocycles. The van der Waals surface area contributed by atoms with E-state index >= 15 is 0 Å². The number of halogens is 4. The van der Waals surface area contributed by atoms with E-state index in [4.69, 9.17) is 16.0 Å². The molecule has 0 spiro atoms. The van der Waals surface area contributed by atoms with Gasteiger partial charge in [0.1, 0.15) is 22.8 Å². The van der Waals surface area contributed by atoms with Crippen molar-refractivity contribution in [2.75, 3.05) is 0 Å². The van der Waals surface area contributed by atoms with E-state index in [1.165, 1.54) is 6.26 Å². The number of rotatable bonds is 2. The average molecular weight is 308 g/mol. The third-order valence-corrected chi connectivity index (χ3v) is 3.16. The van der Waals surface area contributed by atoms with Crippen LogP contribution in [0.4, 0.5) is 8.78 Å². The van der Waals surface area contributed by atoms with Gasteiger partial charge in [0.2, 0.25) is 0 Å². The summed E-state index contributed by atoms with van der Waals surface area (Å²) in [5.74, 6) is -0.763. The number of alkyl halides is 1. The van der Waals surface area contributed by atoms with Crippen molar-refractivity contribution in [2.24, 2.45) is 0 Å². The van der Waals surface area contributed by atoms with Crippen LogP contribution in [0.15, 0.2) is 39.4 Å². The van der Waals surface area contributed by atoms with Crippen molar-refractivity contribution in [2.45, 2.75) is 5.38 Å². The lowest BCUT2D eigenvalue weighted by molar-refractivity contribution is 0.507. The van der Waals surface area contributed by atoms with Gasteiger partial charge in [0.25, 0.3) is 0 Å². The highest BCUT2D eigenvalue weighted by molar-refractivity contribution is 9.10. The van der Waals surface area contributed by atoms with Gasteiger partial charge in [-0.3, -0.25) is 0 Å². The van der Waals surface area contributed by atoms with Crippen molar-refractivity contribution in [3.63, 3.8) is 0 Å². The van der Waals surface area contributed by atoms with Gasteiger partial charge in [0.15, 0.2) is 0 Å². The van der Waals surface area contributed by atoms with E-state index in [0.717, 1.165) is 12.1 Å². The fraction of sp³-hybridized carbons (Fsp3) is 0.0909. The van der Waals surface area contributed by atoms with E-state index in [1.807, 2.05) is 0 Å². The second-order valence-electron chi connectivity index (χ2n) is 3.17. The van der Waals surface area contributed by atoms with E-state index < -0.39 is 17.0 Å². The predicted molar refractivity (Wildman–Crippen MR) is 60.5 cm³/mol. The molecule has 84 valence electrons. The largest absolute Gasteiger partial charge is 0.467 e. The van der Waals surface area contributed by atoms with Gasteiger partial charge < -0.3 is 4.42 Å². The first-order chi connectivity index (χ1) is 7.59. The zero-order valence-electron chi connectivity index (χ0n) is 7.88. The number of furan rings is 1. The van der Waals surface area contributed by atoms with Crippen LogP contribution < -0.4 is 0 Å². The van der Waals surface area contributed by atoms with Crippen molar-refractivity contribution < 1.29 is 13.2 Å². The molecule has 16 heavy (non-hydrogen) atoms. The molecule has 1 aromatic heterocycles. The smallest absolute Gasteiger partial charge is 0.137 e. The van der Waals surface area contributed by atoms with Crippen molar-refractivity contribution in [3.05, 3.63) is 58.0 Å². The Bertz CT molecular complexity index is 499. The quantitative estimate of drug-likeness (QED) is 0.581. The molecule has 0 amide bonds. The maximum atomic E-state index is 13.5. The molecule has 1 atom stereocenters. The Kier molecular flexibility index (Phi) is 3.30. The second-order valence-corrected chi connectivity index (χ2v) is 4.46. The lowest BCUT2D eigenvalue weighted by Crippen LogP contribution is -1.97.